The van der Waals surface area contributed by atoms with Gasteiger partial charge in [-0.2, -0.15) is 0 Å². The number of carbonyl (C=O) groups excluding carboxylic acids is 2. The van der Waals surface area contributed by atoms with Crippen LogP contribution in [0.2, 0.25) is 0 Å². The molecule has 0 aliphatic carbocycles. The van der Waals surface area contributed by atoms with Crippen LogP contribution in [-0.2, 0) is 19.1 Å². The van der Waals surface area contributed by atoms with Crippen molar-refractivity contribution in [1.29, 1.82) is 0 Å². The van der Waals surface area contributed by atoms with E-state index in [-0.39, 0.29) is 18.4 Å². The van der Waals surface area contributed by atoms with Crippen molar-refractivity contribution >= 4 is 11.9 Å². The van der Waals surface area contributed by atoms with E-state index in [1.165, 1.54) is 12.0 Å². The lowest BCUT2D eigenvalue weighted by molar-refractivity contribution is -0.154. The summed E-state index contributed by atoms with van der Waals surface area (Å²) in [6, 6.07) is 9.13. The molecule has 1 aromatic carbocycles. The van der Waals surface area contributed by atoms with Crippen molar-refractivity contribution in [2.45, 2.75) is 32.2 Å². The SMILES string of the molecule is CCOCC(C(=O)OC)N(C)C(=O)CC(C)c1ccccc1. The van der Waals surface area contributed by atoms with Gasteiger partial charge in [0.1, 0.15) is 0 Å². The monoisotopic (exact) mass is 307 g/mol. The highest BCUT2D eigenvalue weighted by atomic mass is 16.5. The van der Waals surface area contributed by atoms with E-state index in [0.29, 0.717) is 13.0 Å². The third kappa shape index (κ3) is 5.15. The van der Waals surface area contributed by atoms with E-state index in [2.05, 4.69) is 0 Å². The van der Waals surface area contributed by atoms with Gasteiger partial charge in [-0.05, 0) is 18.4 Å². The van der Waals surface area contributed by atoms with Crippen LogP contribution in [0.5, 0.6) is 0 Å². The second-order valence-corrected chi connectivity index (χ2v) is 5.22. The van der Waals surface area contributed by atoms with Crippen LogP contribution >= 0.6 is 0 Å². The molecule has 2 unspecified atom stereocenters. The Morgan fingerprint density at radius 2 is 1.86 bits per heavy atom. The van der Waals surface area contributed by atoms with Gasteiger partial charge in [-0.15, -0.1) is 0 Å². The van der Waals surface area contributed by atoms with Crippen molar-refractivity contribution in [3.8, 4) is 0 Å². The third-order valence-corrected chi connectivity index (χ3v) is 3.66. The summed E-state index contributed by atoms with van der Waals surface area (Å²) in [6.45, 7) is 4.46. The number of benzene rings is 1. The fraction of sp³-hybridized carbons (Fsp3) is 0.529. The lowest BCUT2D eigenvalue weighted by atomic mass is 9.97. The summed E-state index contributed by atoms with van der Waals surface area (Å²) in [5, 5.41) is 0. The lowest BCUT2D eigenvalue weighted by Gasteiger charge is -2.27. The average Bonchev–Trinajstić information content (AvgIpc) is 2.55. The first-order valence-electron chi connectivity index (χ1n) is 7.47. The normalized spacial score (nSPS) is 13.3. The zero-order chi connectivity index (χ0) is 16.5. The minimum atomic E-state index is -0.708. The van der Waals surface area contributed by atoms with Crippen LogP contribution in [0.1, 0.15) is 31.7 Å². The van der Waals surface area contributed by atoms with Gasteiger partial charge >= 0.3 is 5.97 Å². The molecule has 5 heteroatoms. The van der Waals surface area contributed by atoms with E-state index in [1.54, 1.807) is 7.05 Å². The van der Waals surface area contributed by atoms with Gasteiger partial charge in [0.05, 0.1) is 13.7 Å². The van der Waals surface area contributed by atoms with Crippen molar-refractivity contribution in [2.75, 3.05) is 27.4 Å². The molecule has 0 aromatic heterocycles. The minimum absolute atomic E-state index is 0.0848. The van der Waals surface area contributed by atoms with E-state index in [0.717, 1.165) is 5.56 Å². The molecule has 0 saturated heterocycles. The number of esters is 1. The van der Waals surface area contributed by atoms with Crippen LogP contribution in [0.25, 0.3) is 0 Å². The molecule has 22 heavy (non-hydrogen) atoms. The predicted molar refractivity (Wildman–Crippen MR) is 84.5 cm³/mol. The van der Waals surface area contributed by atoms with E-state index in [1.807, 2.05) is 44.2 Å². The summed E-state index contributed by atoms with van der Waals surface area (Å²) in [5.41, 5.74) is 1.10. The Balaban J connectivity index is 2.70. The molecule has 2 atom stereocenters. The number of nitrogens with zero attached hydrogens (tertiary/aromatic N) is 1. The summed E-state index contributed by atoms with van der Waals surface area (Å²) in [6.07, 6.45) is 0.333. The first-order valence-corrected chi connectivity index (χ1v) is 7.47. The molecule has 0 aliphatic rings. The number of hydrogen-bond acceptors (Lipinski definition) is 4. The maximum Gasteiger partial charge on any atom is 0.330 e. The molecular formula is C17H25NO4. The number of carbonyl (C=O) groups is 2. The maximum absolute atomic E-state index is 12.4. The second-order valence-electron chi connectivity index (χ2n) is 5.22. The topological polar surface area (TPSA) is 55.8 Å². The molecule has 1 amide bonds. The highest BCUT2D eigenvalue weighted by Crippen LogP contribution is 2.20. The van der Waals surface area contributed by atoms with E-state index < -0.39 is 12.0 Å². The quantitative estimate of drug-likeness (QED) is 0.691. The predicted octanol–water partition coefficient (Wildman–Crippen LogP) is 2.22. The van der Waals surface area contributed by atoms with Gasteiger partial charge in [0.25, 0.3) is 0 Å². The number of rotatable bonds is 8. The summed E-state index contributed by atoms with van der Waals surface area (Å²) in [4.78, 5) is 25.7. The van der Waals surface area contributed by atoms with Gasteiger partial charge in [-0.3, -0.25) is 4.79 Å². The summed E-state index contributed by atoms with van der Waals surface area (Å²) < 4.78 is 10.0. The van der Waals surface area contributed by atoms with Crippen LogP contribution in [0.15, 0.2) is 30.3 Å². The highest BCUT2D eigenvalue weighted by Gasteiger charge is 2.28. The molecule has 0 aliphatic heterocycles. The van der Waals surface area contributed by atoms with Gasteiger partial charge in [0, 0.05) is 20.1 Å². The molecule has 0 spiro atoms. The van der Waals surface area contributed by atoms with Gasteiger partial charge in [0.2, 0.25) is 5.91 Å². The average molecular weight is 307 g/mol. The Kier molecular flexibility index (Phi) is 7.60. The van der Waals surface area contributed by atoms with Gasteiger partial charge < -0.3 is 14.4 Å². The maximum atomic E-state index is 12.4. The molecule has 0 saturated carbocycles. The van der Waals surface area contributed by atoms with Crippen molar-refractivity contribution < 1.29 is 19.1 Å². The van der Waals surface area contributed by atoms with E-state index in [9.17, 15) is 9.59 Å². The van der Waals surface area contributed by atoms with Crippen LogP contribution in [0.4, 0.5) is 0 Å². The Hall–Kier alpha value is -1.88. The Morgan fingerprint density at radius 3 is 2.41 bits per heavy atom. The summed E-state index contributed by atoms with van der Waals surface area (Å²) in [7, 11) is 2.92. The molecule has 0 fully saturated rings. The molecule has 5 nitrogen and oxygen atoms in total. The van der Waals surface area contributed by atoms with Gasteiger partial charge in [-0.25, -0.2) is 4.79 Å². The fourth-order valence-corrected chi connectivity index (χ4v) is 2.18. The van der Waals surface area contributed by atoms with Crippen LogP contribution < -0.4 is 0 Å². The molecule has 1 rings (SSSR count). The molecule has 0 heterocycles. The standard InChI is InChI=1S/C17H25NO4/c1-5-22-12-15(17(20)21-4)18(3)16(19)11-13(2)14-9-7-6-8-10-14/h6-10,13,15H,5,11-12H2,1-4H3. The van der Waals surface area contributed by atoms with Crippen LogP contribution in [-0.4, -0.2) is 50.2 Å². The van der Waals surface area contributed by atoms with Gasteiger partial charge in [0.15, 0.2) is 6.04 Å². The van der Waals surface area contributed by atoms with E-state index >= 15 is 0 Å². The van der Waals surface area contributed by atoms with Gasteiger partial charge in [-0.1, -0.05) is 37.3 Å². The summed E-state index contributed by atoms with van der Waals surface area (Å²) in [5.74, 6) is -0.482. The van der Waals surface area contributed by atoms with Crippen LogP contribution in [0.3, 0.4) is 0 Å². The molecule has 0 radical (unpaired) electrons. The molecule has 0 bridgehead atoms. The first kappa shape index (κ1) is 18.2. The van der Waals surface area contributed by atoms with Crippen LogP contribution in [0, 0.1) is 0 Å². The Labute approximate surface area is 132 Å². The van der Waals surface area contributed by atoms with Crippen molar-refractivity contribution in [3.63, 3.8) is 0 Å². The lowest BCUT2D eigenvalue weighted by Crippen LogP contribution is -2.46. The minimum Gasteiger partial charge on any atom is -0.467 e. The highest BCUT2D eigenvalue weighted by molar-refractivity contribution is 5.84. The smallest absolute Gasteiger partial charge is 0.330 e. The van der Waals surface area contributed by atoms with Crippen molar-refractivity contribution in [2.24, 2.45) is 0 Å². The van der Waals surface area contributed by atoms with Crippen molar-refractivity contribution in [1.82, 2.24) is 4.90 Å². The number of amides is 1. The molecular weight excluding hydrogens is 282 g/mol. The number of ether oxygens (including phenoxy) is 2. The number of hydrogen-bond donors (Lipinski definition) is 0. The largest absolute Gasteiger partial charge is 0.467 e. The second kappa shape index (κ2) is 9.20. The number of likely N-dealkylation sites (N-methyl/N-ethyl adjacent to an activating group) is 1. The molecule has 0 N–H and O–H groups in total. The third-order valence-electron chi connectivity index (χ3n) is 3.66. The zero-order valence-electron chi connectivity index (χ0n) is 13.7. The first-order chi connectivity index (χ1) is 10.5. The molecule has 1 aromatic rings. The molecule has 122 valence electrons. The zero-order valence-corrected chi connectivity index (χ0v) is 13.7. The Morgan fingerprint density at radius 1 is 1.23 bits per heavy atom. The number of methoxy groups -OCH3 is 1. The van der Waals surface area contributed by atoms with E-state index in [4.69, 9.17) is 9.47 Å². The fourth-order valence-electron chi connectivity index (χ4n) is 2.18. The summed E-state index contributed by atoms with van der Waals surface area (Å²) >= 11 is 0. The Bertz CT molecular complexity index is 475. The van der Waals surface area contributed by atoms with Crippen molar-refractivity contribution in [3.05, 3.63) is 35.9 Å².